The summed E-state index contributed by atoms with van der Waals surface area (Å²) >= 11 is 0. The van der Waals surface area contributed by atoms with Crippen LogP contribution in [0.3, 0.4) is 0 Å². The Bertz CT molecular complexity index is 1010. The van der Waals surface area contributed by atoms with Crippen LogP contribution in [0.5, 0.6) is 0 Å². The molecule has 0 heteroatoms. The molecule has 5 aliphatic carbocycles. The molecule has 4 atom stereocenters. The van der Waals surface area contributed by atoms with Gasteiger partial charge in [0.25, 0.3) is 0 Å². The van der Waals surface area contributed by atoms with Gasteiger partial charge in [-0.15, -0.1) is 0 Å². The average Bonchev–Trinajstić information content (AvgIpc) is 3.42. The summed E-state index contributed by atoms with van der Waals surface area (Å²) in [6, 6.07) is 9.23. The van der Waals surface area contributed by atoms with Gasteiger partial charge in [-0.05, 0) is 96.5 Å². The molecule has 0 amide bonds. The van der Waals surface area contributed by atoms with Crippen LogP contribution in [0.2, 0.25) is 0 Å². The standard InChI is InChI=1S/C30H34/c1-2-3-9-20-16-17-22(18-20)24-14-8-15-27-29(24)26-13-7-6-12-25(26)28-19-21-10-4-5-11-23(21)30(27)28/h4-5,8,10-11,15-18,22,24,26,29H,2-3,6-7,9,12-14,19H2,1H3. The molecular formula is C30H34. The monoisotopic (exact) mass is 394 g/mol. The number of unbranched alkanes of at least 4 members (excludes halogenated alkanes) is 1. The lowest BCUT2D eigenvalue weighted by molar-refractivity contribution is 0.228. The van der Waals surface area contributed by atoms with E-state index in [1.54, 1.807) is 27.9 Å². The molecule has 0 bridgehead atoms. The minimum atomic E-state index is 0.628. The molecule has 0 nitrogen and oxygen atoms in total. The van der Waals surface area contributed by atoms with E-state index in [1.807, 2.05) is 5.57 Å². The number of hydrogen-bond acceptors (Lipinski definition) is 0. The summed E-state index contributed by atoms with van der Waals surface area (Å²) in [7, 11) is 0. The zero-order valence-electron chi connectivity index (χ0n) is 18.4. The maximum Gasteiger partial charge on any atom is -0.000714 e. The highest BCUT2D eigenvalue weighted by atomic mass is 14.5. The number of benzene rings is 1. The molecular weight excluding hydrogens is 360 g/mol. The summed E-state index contributed by atoms with van der Waals surface area (Å²) < 4.78 is 0. The van der Waals surface area contributed by atoms with Crippen molar-refractivity contribution in [2.45, 2.75) is 64.7 Å². The molecule has 0 radical (unpaired) electrons. The summed E-state index contributed by atoms with van der Waals surface area (Å²) in [5.74, 6) is 2.87. The van der Waals surface area contributed by atoms with Crippen molar-refractivity contribution in [3.8, 4) is 0 Å². The van der Waals surface area contributed by atoms with Crippen LogP contribution in [-0.4, -0.2) is 0 Å². The van der Waals surface area contributed by atoms with Crippen molar-refractivity contribution >= 4 is 5.57 Å². The molecule has 6 rings (SSSR count). The van der Waals surface area contributed by atoms with Gasteiger partial charge in [-0.3, -0.25) is 0 Å². The van der Waals surface area contributed by atoms with Gasteiger partial charge in [-0.1, -0.05) is 85.6 Å². The summed E-state index contributed by atoms with van der Waals surface area (Å²) in [6.45, 7) is 2.30. The Morgan fingerprint density at radius 2 is 2.00 bits per heavy atom. The van der Waals surface area contributed by atoms with Crippen molar-refractivity contribution in [2.24, 2.45) is 23.7 Å². The molecule has 30 heavy (non-hydrogen) atoms. The average molecular weight is 395 g/mol. The highest BCUT2D eigenvalue weighted by Crippen LogP contribution is 2.58. The van der Waals surface area contributed by atoms with E-state index < -0.39 is 0 Å². The van der Waals surface area contributed by atoms with Crippen molar-refractivity contribution in [2.75, 3.05) is 0 Å². The SMILES string of the molecule is CCCCC1=CC(C2CC=CC3=C4C(=C5CCCCC5C32)Cc2ccccc24)C=C1. The van der Waals surface area contributed by atoms with Crippen LogP contribution in [0.1, 0.15) is 69.4 Å². The molecule has 5 aliphatic rings. The quantitative estimate of drug-likeness (QED) is 0.485. The number of hydrogen-bond donors (Lipinski definition) is 0. The lowest BCUT2D eigenvalue weighted by Gasteiger charge is -2.46. The van der Waals surface area contributed by atoms with E-state index in [2.05, 4.69) is 61.6 Å². The molecule has 0 aromatic heterocycles. The number of rotatable bonds is 4. The van der Waals surface area contributed by atoms with Gasteiger partial charge in [-0.25, -0.2) is 0 Å². The fraction of sp³-hybridized carbons (Fsp3) is 0.467. The van der Waals surface area contributed by atoms with Crippen LogP contribution in [0, 0.1) is 23.7 Å². The van der Waals surface area contributed by atoms with Gasteiger partial charge in [0.15, 0.2) is 0 Å². The maximum atomic E-state index is 2.63. The van der Waals surface area contributed by atoms with E-state index >= 15 is 0 Å². The zero-order valence-corrected chi connectivity index (χ0v) is 18.4. The Kier molecular flexibility index (Phi) is 4.70. The van der Waals surface area contributed by atoms with Crippen LogP contribution in [0.15, 0.2) is 76.9 Å². The Morgan fingerprint density at radius 3 is 2.93 bits per heavy atom. The van der Waals surface area contributed by atoms with Crippen molar-refractivity contribution in [1.82, 2.24) is 0 Å². The first-order chi connectivity index (χ1) is 14.8. The molecule has 154 valence electrons. The molecule has 0 aliphatic heterocycles. The highest BCUT2D eigenvalue weighted by Gasteiger charge is 2.45. The normalized spacial score (nSPS) is 31.4. The van der Waals surface area contributed by atoms with E-state index in [1.165, 1.54) is 63.4 Å². The third-order valence-corrected chi connectivity index (χ3v) is 8.50. The number of allylic oxidation sites excluding steroid dienone is 10. The predicted molar refractivity (Wildman–Crippen MR) is 127 cm³/mol. The third-order valence-electron chi connectivity index (χ3n) is 8.50. The Balaban J connectivity index is 1.44. The van der Waals surface area contributed by atoms with Crippen molar-refractivity contribution in [1.29, 1.82) is 0 Å². The third kappa shape index (κ3) is 2.87. The molecule has 1 aromatic carbocycles. The summed E-state index contributed by atoms with van der Waals surface area (Å²) in [6.07, 6.45) is 24.5. The van der Waals surface area contributed by atoms with Gasteiger partial charge in [0, 0.05) is 0 Å². The van der Waals surface area contributed by atoms with Crippen LogP contribution in [-0.2, 0) is 6.42 Å². The second kappa shape index (κ2) is 7.56. The van der Waals surface area contributed by atoms with Crippen molar-refractivity contribution < 1.29 is 0 Å². The lowest BCUT2D eigenvalue weighted by atomic mass is 9.58. The van der Waals surface area contributed by atoms with Crippen LogP contribution >= 0.6 is 0 Å². The number of fused-ring (bicyclic) bond motifs is 6. The van der Waals surface area contributed by atoms with E-state index in [9.17, 15) is 0 Å². The molecule has 4 unspecified atom stereocenters. The summed E-state index contributed by atoms with van der Waals surface area (Å²) in [5.41, 5.74) is 11.6. The molecule has 1 aromatic rings. The Hall–Kier alpha value is -2.08. The van der Waals surface area contributed by atoms with Crippen LogP contribution in [0.4, 0.5) is 0 Å². The summed E-state index contributed by atoms with van der Waals surface area (Å²) in [5, 5.41) is 0. The second-order valence-electron chi connectivity index (χ2n) is 10.1. The Morgan fingerprint density at radius 1 is 1.07 bits per heavy atom. The fourth-order valence-electron chi connectivity index (χ4n) is 7.18. The van der Waals surface area contributed by atoms with Crippen molar-refractivity contribution in [3.05, 3.63) is 88.1 Å². The van der Waals surface area contributed by atoms with E-state index in [0.717, 1.165) is 11.8 Å². The van der Waals surface area contributed by atoms with Gasteiger partial charge in [-0.2, -0.15) is 0 Å². The lowest BCUT2D eigenvalue weighted by Crippen LogP contribution is -2.36. The minimum absolute atomic E-state index is 0.628. The Labute approximate surface area is 182 Å². The minimum Gasteiger partial charge on any atom is -0.0839 e. The van der Waals surface area contributed by atoms with Gasteiger partial charge in [0.05, 0.1) is 0 Å². The first kappa shape index (κ1) is 18.7. The van der Waals surface area contributed by atoms with Crippen LogP contribution < -0.4 is 0 Å². The van der Waals surface area contributed by atoms with E-state index in [0.29, 0.717) is 11.8 Å². The summed E-state index contributed by atoms with van der Waals surface area (Å²) in [4.78, 5) is 0. The molecule has 1 saturated carbocycles. The first-order valence-corrected chi connectivity index (χ1v) is 12.5. The van der Waals surface area contributed by atoms with Gasteiger partial charge in [0.2, 0.25) is 0 Å². The first-order valence-electron chi connectivity index (χ1n) is 12.5. The predicted octanol–water partition coefficient (Wildman–Crippen LogP) is 7.99. The van der Waals surface area contributed by atoms with E-state index in [4.69, 9.17) is 0 Å². The fourth-order valence-corrected chi connectivity index (χ4v) is 7.18. The zero-order chi connectivity index (χ0) is 20.1. The molecule has 0 saturated heterocycles. The van der Waals surface area contributed by atoms with Gasteiger partial charge >= 0.3 is 0 Å². The highest BCUT2D eigenvalue weighted by molar-refractivity contribution is 5.91. The van der Waals surface area contributed by atoms with Crippen LogP contribution in [0.25, 0.3) is 5.57 Å². The molecule has 0 heterocycles. The van der Waals surface area contributed by atoms with Gasteiger partial charge < -0.3 is 0 Å². The molecule has 0 N–H and O–H groups in total. The second-order valence-corrected chi connectivity index (χ2v) is 10.1. The van der Waals surface area contributed by atoms with E-state index in [-0.39, 0.29) is 0 Å². The molecule has 1 fully saturated rings. The van der Waals surface area contributed by atoms with Gasteiger partial charge in [0.1, 0.15) is 0 Å². The molecule has 0 spiro atoms. The maximum absolute atomic E-state index is 2.63. The topological polar surface area (TPSA) is 0 Å². The smallest absolute Gasteiger partial charge is 0.000714 e. The van der Waals surface area contributed by atoms with Crippen molar-refractivity contribution in [3.63, 3.8) is 0 Å². The largest absolute Gasteiger partial charge is 0.0839 e.